The summed E-state index contributed by atoms with van der Waals surface area (Å²) >= 11 is 0. The number of carbonyl (C=O) groups is 11. The van der Waals surface area contributed by atoms with E-state index in [0.29, 0.717) is 17.7 Å². The Morgan fingerprint density at radius 1 is 0.639 bits per heavy atom. The number of aromatic amines is 2. The zero-order valence-electron chi connectivity index (χ0n) is 52.2. The Morgan fingerprint density at radius 3 is 1.69 bits per heavy atom. The Balaban J connectivity index is 0.000000366. The molecule has 36 heteroatoms. The molecule has 6 aromatic rings. The van der Waals surface area contributed by atoms with Crippen LogP contribution in [0.15, 0.2) is 116 Å². The minimum absolute atomic E-state index is 0.0710. The molecule has 0 bridgehead atoms. The molecule has 34 nitrogen and oxygen atoms in total. The van der Waals surface area contributed by atoms with Crippen molar-refractivity contribution in [2.45, 2.75) is 108 Å². The number of aromatic nitrogens is 6. The van der Waals surface area contributed by atoms with E-state index >= 15 is 0 Å². The van der Waals surface area contributed by atoms with Crippen LogP contribution < -0.4 is 72.3 Å². The number of nitrogens with one attached hydrogen (secondary N) is 7. The van der Waals surface area contributed by atoms with Crippen LogP contribution >= 0.6 is 21.6 Å². The molecule has 1 aliphatic rings. The van der Waals surface area contributed by atoms with Gasteiger partial charge in [-0.25, -0.2) is 48.1 Å². The number of para-hydroxylation sites is 2. The number of primary amides is 2. The van der Waals surface area contributed by atoms with Crippen molar-refractivity contribution in [3.05, 3.63) is 150 Å². The number of H-pyrrole nitrogens is 2. The zero-order valence-corrected chi connectivity index (χ0v) is 53.8. The molecule has 0 saturated carbocycles. The van der Waals surface area contributed by atoms with Crippen molar-refractivity contribution in [3.8, 4) is 34.2 Å². The summed E-state index contributed by atoms with van der Waals surface area (Å²) in [6.45, 7) is 3.14. The Labute approximate surface area is 557 Å². The van der Waals surface area contributed by atoms with E-state index in [1.54, 1.807) is 62.4 Å². The smallest absolute Gasteiger partial charge is 0.356 e. The first-order valence-electron chi connectivity index (χ1n) is 29.9. The van der Waals surface area contributed by atoms with Crippen molar-refractivity contribution in [1.29, 1.82) is 0 Å². The molecule has 7 rings (SSSR count). The minimum Gasteiger partial charge on any atom is -0.506 e. The lowest BCUT2D eigenvalue weighted by molar-refractivity contribution is -0.142. The van der Waals surface area contributed by atoms with E-state index in [-0.39, 0.29) is 84.3 Å². The fourth-order valence-corrected chi connectivity index (χ4v) is 12.0. The van der Waals surface area contributed by atoms with Gasteiger partial charge >= 0.3 is 34.7 Å². The van der Waals surface area contributed by atoms with Crippen molar-refractivity contribution in [2.75, 3.05) is 18.1 Å². The van der Waals surface area contributed by atoms with Gasteiger partial charge in [0.2, 0.25) is 41.4 Å². The maximum atomic E-state index is 14.3. The van der Waals surface area contributed by atoms with Gasteiger partial charge < -0.3 is 69.9 Å². The highest BCUT2D eigenvalue weighted by molar-refractivity contribution is 8.76. The Bertz CT molecular complexity index is 4150. The summed E-state index contributed by atoms with van der Waals surface area (Å²) in [4.78, 5) is 191. The summed E-state index contributed by atoms with van der Waals surface area (Å²) in [5, 5.41) is 57.6. The number of amides is 7. The molecule has 8 atom stereocenters. The predicted molar refractivity (Wildman–Crippen MR) is 351 cm³/mol. The molecule has 7 amide bonds. The lowest BCUT2D eigenvalue weighted by Crippen LogP contribution is -2.59. The monoisotopic (exact) mass is 1380 g/mol. The number of Topliss-reactive ketones (excluding diaryl/α,β-unsaturated/α-hetero) is 2. The number of phenols is 2. The second-order valence-corrected chi connectivity index (χ2v) is 24.8. The molecule has 0 spiro atoms. The summed E-state index contributed by atoms with van der Waals surface area (Å²) in [5.74, 6) is -13.2. The Kier molecular flexibility index (Phi) is 27.2. The highest BCUT2D eigenvalue weighted by Gasteiger charge is 2.36. The third-order valence-electron chi connectivity index (χ3n) is 15.1. The molecule has 7 unspecified atom stereocenters. The highest BCUT2D eigenvalue weighted by atomic mass is 33.1. The van der Waals surface area contributed by atoms with Gasteiger partial charge in [0.1, 0.15) is 52.8 Å². The number of carboxylic acid groups (broad SMARTS) is 2. The SMILES string of the molecule is CCC(C)C1NC(=O)C(Cc2ccc(O)c(-n3[nH]c(=O)n(-c4ccccc4)c3=O)c2)NC(=O)C(N)CSSCC(C(=O)O)NC(=O)C(CC(N)=O)CC(=O)C(CCC(N)=O)NC1=O.NCC(=O)CCC(=O)N[C@@H](Cc1ccc(O)c(-n2[nH]c(=O)n(-c3ccccc3)c2=O)c1)C(=O)O. The molecule has 0 aliphatic carbocycles. The van der Waals surface area contributed by atoms with Crippen molar-refractivity contribution >= 4 is 86.4 Å². The fraction of sp³-hybridized carbons (Fsp3) is 0.361. The quantitative estimate of drug-likeness (QED) is 0.0313. The van der Waals surface area contributed by atoms with Gasteiger partial charge in [0.15, 0.2) is 5.78 Å². The number of aromatic hydroxyl groups is 2. The van der Waals surface area contributed by atoms with Crippen LogP contribution in [0.5, 0.6) is 11.5 Å². The third-order valence-corrected chi connectivity index (χ3v) is 17.6. The van der Waals surface area contributed by atoms with Crippen molar-refractivity contribution in [2.24, 2.45) is 34.8 Å². The van der Waals surface area contributed by atoms with Gasteiger partial charge in [-0.3, -0.25) is 43.2 Å². The topological polar surface area (TPSA) is 552 Å². The molecular weight excluding hydrogens is 1310 g/mol. The van der Waals surface area contributed by atoms with Crippen LogP contribution in [0, 0.1) is 11.8 Å². The van der Waals surface area contributed by atoms with Crippen molar-refractivity contribution < 1.29 is 73.2 Å². The standard InChI is InChI=1S/C39H50N10O12S2.C22H23N5O7/c1-3-19(2)32-36(57)43-24(10-12-30(41)52)29(51)15-21(16-31(42)53)33(54)45-26(37(58)59)18-63-62-17-23(40)34(55)44-25(35(56)46-32)13-20-9-11-28(50)27(14-20)49-39(61)48(38(60)47-49)22-7-5-4-6-8-22;23-12-15(28)7-9-19(30)24-16(20(31)32)10-13-6-8-18(29)17(11-13)27-22(34)26(21(33)25-27)14-4-2-1-3-5-14/h4-9,11,14,19,21,23-26,32,50H,3,10,12-13,15-18,40H2,1-2H3,(H2,41,52)(H2,42,53)(H,43,57)(H,44,55)(H,45,54)(H,46,56)(H,47,60)(H,58,59);1-6,8,11,16,29H,7,9-10,12,23H2,(H,24,30)(H,25,33)(H,31,32)/t;16-/m.0/s1. The maximum Gasteiger partial charge on any atom is 0.356 e. The molecule has 1 aliphatic heterocycles. The lowest BCUT2D eigenvalue weighted by atomic mass is 9.91. The number of rotatable bonds is 22. The molecule has 1 saturated heterocycles. The van der Waals surface area contributed by atoms with Crippen LogP contribution in [0.2, 0.25) is 0 Å². The first kappa shape index (κ1) is 75.2. The molecule has 3 heterocycles. The molecule has 4 aromatic carbocycles. The molecule has 1 fully saturated rings. The number of ketones is 2. The number of hydrogen-bond donors (Lipinski definition) is 15. The molecule has 0 radical (unpaired) electrons. The molecule has 518 valence electrons. The lowest BCUT2D eigenvalue weighted by Gasteiger charge is -2.29. The van der Waals surface area contributed by atoms with Crippen LogP contribution in [-0.2, 0) is 65.6 Å². The highest BCUT2D eigenvalue weighted by Crippen LogP contribution is 2.26. The largest absolute Gasteiger partial charge is 0.506 e. The van der Waals surface area contributed by atoms with Crippen LogP contribution in [0.4, 0.5) is 0 Å². The van der Waals surface area contributed by atoms with E-state index < -0.39 is 155 Å². The number of nitrogens with zero attached hydrogens (tertiary/aromatic N) is 4. The van der Waals surface area contributed by atoms with E-state index in [1.165, 1.54) is 48.5 Å². The predicted octanol–water partition coefficient (Wildman–Crippen LogP) is -2.48. The van der Waals surface area contributed by atoms with Gasteiger partial charge in [-0.05, 0) is 72.0 Å². The van der Waals surface area contributed by atoms with Crippen LogP contribution in [0.25, 0.3) is 22.7 Å². The molecule has 97 heavy (non-hydrogen) atoms. The van der Waals surface area contributed by atoms with Gasteiger partial charge in [0.05, 0.1) is 35.9 Å². The first-order chi connectivity index (χ1) is 46.0. The molecule has 19 N–H and O–H groups in total. The summed E-state index contributed by atoms with van der Waals surface area (Å²) in [6, 6.07) is 15.6. The molecular formula is C61H73N15O19S2. The number of aliphatic carboxylic acids is 2. The van der Waals surface area contributed by atoms with E-state index in [9.17, 15) is 92.3 Å². The first-order valence-corrected chi connectivity index (χ1v) is 32.4. The van der Waals surface area contributed by atoms with E-state index in [0.717, 1.165) is 40.1 Å². The third kappa shape index (κ3) is 20.8. The summed E-state index contributed by atoms with van der Waals surface area (Å²) in [6.07, 6.45) is -2.64. The summed E-state index contributed by atoms with van der Waals surface area (Å²) in [7, 11) is 1.92. The number of carboxylic acids is 2. The second kappa shape index (κ2) is 35.1. The van der Waals surface area contributed by atoms with Crippen LogP contribution in [0.1, 0.15) is 69.9 Å². The van der Waals surface area contributed by atoms with Crippen LogP contribution in [0.3, 0.4) is 0 Å². The fourth-order valence-electron chi connectivity index (χ4n) is 9.71. The molecule has 2 aromatic heterocycles. The van der Waals surface area contributed by atoms with Crippen molar-refractivity contribution in [1.82, 2.24) is 55.3 Å². The average Bonchev–Trinajstić information content (AvgIpc) is 1.65. The number of carbonyl (C=O) groups excluding carboxylic acids is 9. The maximum absolute atomic E-state index is 14.3. The van der Waals surface area contributed by atoms with Gasteiger partial charge in [-0.2, -0.15) is 9.36 Å². The Hall–Kier alpha value is -10.9. The number of benzene rings is 4. The van der Waals surface area contributed by atoms with E-state index in [1.807, 2.05) is 0 Å². The Morgan fingerprint density at radius 2 is 1.18 bits per heavy atom. The van der Waals surface area contributed by atoms with Gasteiger partial charge in [0, 0.05) is 56.5 Å². The van der Waals surface area contributed by atoms with Crippen LogP contribution in [-0.4, -0.2) is 168 Å². The van der Waals surface area contributed by atoms with Gasteiger partial charge in [0.25, 0.3) is 0 Å². The number of nitrogens with two attached hydrogens (primary N) is 4. The zero-order chi connectivity index (χ0) is 71.4. The normalized spacial score (nSPS) is 18.9. The number of hydrogen-bond acceptors (Lipinski definition) is 21. The van der Waals surface area contributed by atoms with Crippen molar-refractivity contribution in [3.63, 3.8) is 0 Å². The number of phenolic OH excluding ortho intramolecular Hbond substituents is 2. The van der Waals surface area contributed by atoms with Gasteiger partial charge in [-0.1, -0.05) is 90.4 Å². The average molecular weight is 1380 g/mol. The van der Waals surface area contributed by atoms with Gasteiger partial charge in [-0.15, -0.1) is 0 Å². The summed E-state index contributed by atoms with van der Waals surface area (Å²) in [5.41, 5.74) is 19.9. The summed E-state index contributed by atoms with van der Waals surface area (Å²) < 4.78 is 3.38. The van der Waals surface area contributed by atoms with E-state index in [4.69, 9.17) is 22.9 Å². The minimum atomic E-state index is -1.54. The second-order valence-electron chi connectivity index (χ2n) is 22.3. The van der Waals surface area contributed by atoms with E-state index in [2.05, 4.69) is 36.8 Å².